The zero-order chi connectivity index (χ0) is 24.5. The van der Waals surface area contributed by atoms with Crippen molar-refractivity contribution in [2.24, 2.45) is 0 Å². The van der Waals surface area contributed by atoms with Crippen LogP contribution in [0.2, 0.25) is 0 Å². The summed E-state index contributed by atoms with van der Waals surface area (Å²) < 4.78 is 45.9. The van der Waals surface area contributed by atoms with Gasteiger partial charge in [-0.1, -0.05) is 29.5 Å². The van der Waals surface area contributed by atoms with E-state index in [0.717, 1.165) is 16.8 Å². The van der Waals surface area contributed by atoms with E-state index in [9.17, 15) is 13.2 Å². The van der Waals surface area contributed by atoms with Crippen LogP contribution in [0.15, 0.2) is 48.5 Å². The molecule has 0 spiro atoms. The van der Waals surface area contributed by atoms with Crippen molar-refractivity contribution in [3.05, 3.63) is 59.9 Å². The predicted octanol–water partition coefficient (Wildman–Crippen LogP) is 6.08. The fraction of sp³-hybridized carbons (Fsp3) is 0.292. The Morgan fingerprint density at radius 2 is 1.74 bits per heavy atom. The van der Waals surface area contributed by atoms with E-state index < -0.39 is 11.7 Å². The Bertz CT molecular complexity index is 1300. The van der Waals surface area contributed by atoms with Crippen molar-refractivity contribution in [1.29, 1.82) is 0 Å². The highest BCUT2D eigenvalue weighted by Crippen LogP contribution is 2.35. The second-order valence-electron chi connectivity index (χ2n) is 8.77. The van der Waals surface area contributed by atoms with Crippen molar-refractivity contribution in [3.63, 3.8) is 0 Å². The Morgan fingerprint density at radius 1 is 1.00 bits per heavy atom. The van der Waals surface area contributed by atoms with Gasteiger partial charge in [-0.15, -0.1) is 0 Å². The van der Waals surface area contributed by atoms with E-state index in [4.69, 9.17) is 10.5 Å². The van der Waals surface area contributed by atoms with Crippen LogP contribution in [-0.4, -0.2) is 27.0 Å². The third-order valence-corrected chi connectivity index (χ3v) is 5.72. The molecule has 178 valence electrons. The lowest BCUT2D eigenvalue weighted by Gasteiger charge is -2.20. The van der Waals surface area contributed by atoms with Crippen LogP contribution in [0, 0.1) is 0 Å². The third-order valence-electron chi connectivity index (χ3n) is 4.87. The summed E-state index contributed by atoms with van der Waals surface area (Å²) in [5, 5.41) is 3.81. The molecule has 0 bridgehead atoms. The van der Waals surface area contributed by atoms with Gasteiger partial charge in [-0.2, -0.15) is 18.2 Å². The van der Waals surface area contributed by atoms with Gasteiger partial charge in [0.25, 0.3) is 0 Å². The SMILES string of the molecule is CC(C)(C)NCCc1nc(Oc2cccc3sc(N)nc23)cc(-c2ccc(C(F)(F)F)cc2)n1. The van der Waals surface area contributed by atoms with Gasteiger partial charge >= 0.3 is 6.18 Å². The maximum Gasteiger partial charge on any atom is 0.416 e. The first-order chi connectivity index (χ1) is 16.0. The number of fused-ring (bicyclic) bond motifs is 1. The van der Waals surface area contributed by atoms with Crippen LogP contribution < -0.4 is 15.8 Å². The summed E-state index contributed by atoms with van der Waals surface area (Å²) in [6.45, 7) is 6.79. The monoisotopic (exact) mass is 487 g/mol. The summed E-state index contributed by atoms with van der Waals surface area (Å²) in [5.41, 5.74) is 6.67. The second kappa shape index (κ2) is 9.19. The standard InChI is InChI=1S/C24H24F3N5OS/c1-23(2,3)29-12-11-19-30-16(14-7-9-15(10-8-14)24(25,26)27)13-20(31-19)33-17-5-4-6-18-21(17)32-22(28)34-18/h4-10,13,29H,11-12H2,1-3H3,(H2,28,32). The molecular weight excluding hydrogens is 463 g/mol. The average Bonchev–Trinajstić information content (AvgIpc) is 3.13. The molecule has 0 atom stereocenters. The summed E-state index contributed by atoms with van der Waals surface area (Å²) in [4.78, 5) is 13.4. The van der Waals surface area contributed by atoms with Gasteiger partial charge in [0.2, 0.25) is 5.88 Å². The van der Waals surface area contributed by atoms with E-state index in [-0.39, 0.29) is 11.4 Å². The minimum absolute atomic E-state index is 0.0788. The van der Waals surface area contributed by atoms with Gasteiger partial charge in [0.1, 0.15) is 11.3 Å². The third kappa shape index (κ3) is 5.81. The molecular formula is C24H24F3N5OS. The highest BCUT2D eigenvalue weighted by atomic mass is 32.1. The van der Waals surface area contributed by atoms with Crippen molar-refractivity contribution in [3.8, 4) is 22.9 Å². The number of alkyl halides is 3. The number of anilines is 1. The number of aromatic nitrogens is 3. The smallest absolute Gasteiger partial charge is 0.416 e. The molecule has 6 nitrogen and oxygen atoms in total. The predicted molar refractivity (Wildman–Crippen MR) is 128 cm³/mol. The number of ether oxygens (including phenoxy) is 1. The van der Waals surface area contributed by atoms with Crippen LogP contribution in [0.5, 0.6) is 11.6 Å². The van der Waals surface area contributed by atoms with E-state index in [2.05, 4.69) is 41.0 Å². The number of nitrogens with two attached hydrogens (primary N) is 1. The van der Waals surface area contributed by atoms with E-state index >= 15 is 0 Å². The zero-order valence-electron chi connectivity index (χ0n) is 18.9. The fourth-order valence-electron chi connectivity index (χ4n) is 3.30. The van der Waals surface area contributed by atoms with Gasteiger partial charge in [0, 0.05) is 30.1 Å². The Balaban J connectivity index is 1.69. The molecule has 4 aromatic rings. The molecule has 34 heavy (non-hydrogen) atoms. The number of rotatable bonds is 6. The lowest BCUT2D eigenvalue weighted by Crippen LogP contribution is -2.37. The van der Waals surface area contributed by atoms with Gasteiger partial charge in [-0.05, 0) is 45.0 Å². The normalized spacial score (nSPS) is 12.3. The minimum Gasteiger partial charge on any atom is -0.437 e. The molecule has 0 unspecified atom stereocenters. The molecule has 0 saturated carbocycles. The van der Waals surface area contributed by atoms with Crippen molar-refractivity contribution < 1.29 is 17.9 Å². The maximum atomic E-state index is 13.0. The Labute approximate surface area is 199 Å². The topological polar surface area (TPSA) is 86.0 Å². The first-order valence-corrected chi connectivity index (χ1v) is 11.4. The molecule has 2 heterocycles. The van der Waals surface area contributed by atoms with Crippen LogP contribution >= 0.6 is 11.3 Å². The van der Waals surface area contributed by atoms with Gasteiger partial charge < -0.3 is 15.8 Å². The number of halogens is 3. The molecule has 0 aliphatic heterocycles. The van der Waals surface area contributed by atoms with E-state index in [1.165, 1.54) is 23.5 Å². The van der Waals surface area contributed by atoms with Crippen molar-refractivity contribution in [2.45, 2.75) is 38.9 Å². The summed E-state index contributed by atoms with van der Waals surface area (Å²) >= 11 is 1.35. The lowest BCUT2D eigenvalue weighted by molar-refractivity contribution is -0.137. The van der Waals surface area contributed by atoms with Gasteiger partial charge in [-0.3, -0.25) is 0 Å². The summed E-state index contributed by atoms with van der Waals surface area (Å²) in [6, 6.07) is 12.0. The molecule has 0 aliphatic carbocycles. The summed E-state index contributed by atoms with van der Waals surface area (Å²) in [6.07, 6.45) is -3.90. The van der Waals surface area contributed by atoms with Crippen LogP contribution in [0.1, 0.15) is 32.2 Å². The Kier molecular flexibility index (Phi) is 6.46. The van der Waals surface area contributed by atoms with Crippen molar-refractivity contribution >= 4 is 26.7 Å². The van der Waals surface area contributed by atoms with Crippen molar-refractivity contribution in [1.82, 2.24) is 20.3 Å². The molecule has 0 aliphatic rings. The van der Waals surface area contributed by atoms with Crippen LogP contribution in [0.25, 0.3) is 21.5 Å². The van der Waals surface area contributed by atoms with Gasteiger partial charge in [0.05, 0.1) is 16.0 Å². The van der Waals surface area contributed by atoms with Crippen LogP contribution in [0.4, 0.5) is 18.3 Å². The summed E-state index contributed by atoms with van der Waals surface area (Å²) in [5.74, 6) is 1.27. The number of nitrogen functional groups attached to an aromatic ring is 1. The minimum atomic E-state index is -4.41. The Morgan fingerprint density at radius 3 is 2.41 bits per heavy atom. The number of para-hydroxylation sites is 1. The first kappa shape index (κ1) is 23.9. The molecule has 2 aromatic heterocycles. The molecule has 0 saturated heterocycles. The number of nitrogens with zero attached hydrogens (tertiary/aromatic N) is 3. The van der Waals surface area contributed by atoms with Crippen LogP contribution in [0.3, 0.4) is 0 Å². The number of thiazole rings is 1. The maximum absolute atomic E-state index is 13.0. The first-order valence-electron chi connectivity index (χ1n) is 10.6. The number of nitrogens with one attached hydrogen (secondary N) is 1. The molecule has 2 aromatic carbocycles. The lowest BCUT2D eigenvalue weighted by atomic mass is 10.1. The highest BCUT2D eigenvalue weighted by molar-refractivity contribution is 7.22. The molecule has 3 N–H and O–H groups in total. The van der Waals surface area contributed by atoms with Gasteiger partial charge in [0.15, 0.2) is 10.9 Å². The second-order valence-corrected chi connectivity index (χ2v) is 9.83. The molecule has 10 heteroatoms. The molecule has 0 amide bonds. The molecule has 4 rings (SSSR count). The summed E-state index contributed by atoms with van der Waals surface area (Å²) in [7, 11) is 0. The Hall–Kier alpha value is -3.24. The van der Waals surface area contributed by atoms with E-state index in [1.807, 2.05) is 12.1 Å². The number of hydrogen-bond donors (Lipinski definition) is 2. The largest absolute Gasteiger partial charge is 0.437 e. The van der Waals surface area contributed by atoms with E-state index in [1.54, 1.807) is 12.1 Å². The van der Waals surface area contributed by atoms with Crippen LogP contribution in [-0.2, 0) is 12.6 Å². The average molecular weight is 488 g/mol. The molecule has 0 fully saturated rings. The van der Waals surface area contributed by atoms with E-state index in [0.29, 0.717) is 46.4 Å². The highest BCUT2D eigenvalue weighted by Gasteiger charge is 2.30. The quantitative estimate of drug-likeness (QED) is 0.343. The molecule has 0 radical (unpaired) electrons. The fourth-order valence-corrected chi connectivity index (χ4v) is 4.05. The zero-order valence-corrected chi connectivity index (χ0v) is 19.7. The number of hydrogen-bond acceptors (Lipinski definition) is 7. The van der Waals surface area contributed by atoms with Crippen molar-refractivity contribution in [2.75, 3.05) is 12.3 Å². The van der Waals surface area contributed by atoms with Gasteiger partial charge in [-0.25, -0.2) is 9.97 Å². The number of benzene rings is 2.